The molecule has 166 valence electrons. The van der Waals surface area contributed by atoms with Gasteiger partial charge in [-0.1, -0.05) is 0 Å². The minimum absolute atomic E-state index is 0.0683. The SMILES string of the molecule is Cc1cc(-c2ccn3nc(NC(=O)C4CC4)cc3c2)c(OCC2(NC3CC3)CCC2)cn1. The van der Waals surface area contributed by atoms with E-state index in [0.29, 0.717) is 18.5 Å². The van der Waals surface area contributed by atoms with Gasteiger partial charge in [0, 0.05) is 35.5 Å². The lowest BCUT2D eigenvalue weighted by Crippen LogP contribution is -2.56. The highest BCUT2D eigenvalue weighted by Crippen LogP contribution is 2.38. The van der Waals surface area contributed by atoms with E-state index in [1.54, 1.807) is 4.52 Å². The number of aromatic nitrogens is 3. The lowest BCUT2D eigenvalue weighted by atomic mass is 9.77. The Hall–Kier alpha value is -2.93. The number of nitrogens with one attached hydrogen (secondary N) is 2. The Bertz CT molecular complexity index is 1170. The van der Waals surface area contributed by atoms with Crippen LogP contribution in [0.25, 0.3) is 16.6 Å². The van der Waals surface area contributed by atoms with Crippen LogP contribution in [0.1, 0.15) is 50.6 Å². The van der Waals surface area contributed by atoms with Crippen LogP contribution in [0.4, 0.5) is 5.82 Å². The summed E-state index contributed by atoms with van der Waals surface area (Å²) in [5.41, 5.74) is 4.09. The van der Waals surface area contributed by atoms with Gasteiger partial charge in [-0.2, -0.15) is 5.10 Å². The fraction of sp³-hybridized carbons (Fsp3) is 0.480. The Balaban J connectivity index is 1.25. The van der Waals surface area contributed by atoms with Gasteiger partial charge in [0.15, 0.2) is 5.82 Å². The van der Waals surface area contributed by atoms with Crippen molar-refractivity contribution in [2.45, 2.75) is 63.5 Å². The van der Waals surface area contributed by atoms with E-state index in [-0.39, 0.29) is 17.4 Å². The lowest BCUT2D eigenvalue weighted by molar-refractivity contribution is -0.117. The number of fused-ring (bicyclic) bond motifs is 1. The molecule has 0 saturated heterocycles. The Morgan fingerprint density at radius 2 is 2.06 bits per heavy atom. The molecular weight excluding hydrogens is 402 g/mol. The van der Waals surface area contributed by atoms with Gasteiger partial charge in [-0.3, -0.25) is 9.78 Å². The number of rotatable bonds is 8. The lowest BCUT2D eigenvalue weighted by Gasteiger charge is -2.42. The second-order valence-electron chi connectivity index (χ2n) is 9.74. The molecule has 32 heavy (non-hydrogen) atoms. The molecule has 3 aromatic heterocycles. The van der Waals surface area contributed by atoms with Crippen LogP contribution in [0.2, 0.25) is 0 Å². The van der Waals surface area contributed by atoms with E-state index in [2.05, 4.69) is 32.8 Å². The molecule has 0 bridgehead atoms. The molecule has 3 heterocycles. The van der Waals surface area contributed by atoms with Crippen molar-refractivity contribution in [1.29, 1.82) is 0 Å². The molecule has 0 unspecified atom stereocenters. The number of nitrogens with zero attached hydrogens (tertiary/aromatic N) is 3. The average Bonchev–Trinajstić information content (AvgIpc) is 3.68. The van der Waals surface area contributed by atoms with Gasteiger partial charge in [0.05, 0.1) is 17.3 Å². The summed E-state index contributed by atoms with van der Waals surface area (Å²) in [6.07, 6.45) is 11.9. The van der Waals surface area contributed by atoms with E-state index in [9.17, 15) is 4.79 Å². The molecular formula is C25H29N5O2. The highest BCUT2D eigenvalue weighted by atomic mass is 16.5. The van der Waals surface area contributed by atoms with Gasteiger partial charge in [-0.25, -0.2) is 4.52 Å². The molecule has 3 fully saturated rings. The maximum atomic E-state index is 12.1. The van der Waals surface area contributed by atoms with Crippen molar-refractivity contribution < 1.29 is 9.53 Å². The van der Waals surface area contributed by atoms with Gasteiger partial charge in [-0.05, 0) is 75.6 Å². The molecule has 3 aromatic rings. The molecule has 6 rings (SSSR count). The van der Waals surface area contributed by atoms with Crippen molar-refractivity contribution in [2.75, 3.05) is 11.9 Å². The number of anilines is 1. The molecule has 0 atom stereocenters. The number of aryl methyl sites for hydroxylation is 1. The van der Waals surface area contributed by atoms with E-state index >= 15 is 0 Å². The normalized spacial score (nSPS) is 19.5. The van der Waals surface area contributed by atoms with Crippen LogP contribution in [0.3, 0.4) is 0 Å². The summed E-state index contributed by atoms with van der Waals surface area (Å²) in [5, 5.41) is 11.2. The molecule has 3 aliphatic carbocycles. The highest BCUT2D eigenvalue weighted by Gasteiger charge is 2.41. The summed E-state index contributed by atoms with van der Waals surface area (Å²) in [6.45, 7) is 2.67. The van der Waals surface area contributed by atoms with Crippen LogP contribution in [0.5, 0.6) is 5.75 Å². The van der Waals surface area contributed by atoms with Crippen LogP contribution in [-0.2, 0) is 4.79 Å². The fourth-order valence-corrected chi connectivity index (χ4v) is 4.50. The van der Waals surface area contributed by atoms with Crippen molar-refractivity contribution in [3.8, 4) is 16.9 Å². The van der Waals surface area contributed by atoms with Crippen molar-refractivity contribution in [3.63, 3.8) is 0 Å². The average molecular weight is 432 g/mol. The molecule has 0 aliphatic heterocycles. The standard InChI is InChI=1S/C25H29N5O2/c1-16-11-21(22(14-26-16)32-15-25(8-2-9-25)28-19-5-6-19)18-7-10-30-20(12-18)13-23(29-30)27-24(31)17-3-4-17/h7,10-14,17,19,28H,2-6,8-9,15H2,1H3,(H,27,29,31). The van der Waals surface area contributed by atoms with Crippen molar-refractivity contribution in [2.24, 2.45) is 5.92 Å². The third kappa shape index (κ3) is 3.97. The number of hydrogen-bond donors (Lipinski definition) is 2. The number of carbonyl (C=O) groups excluding carboxylic acids is 1. The Kier molecular flexibility index (Phi) is 4.68. The van der Waals surface area contributed by atoms with E-state index in [1.165, 1.54) is 32.1 Å². The first-order valence-electron chi connectivity index (χ1n) is 11.7. The summed E-state index contributed by atoms with van der Waals surface area (Å²) >= 11 is 0. The van der Waals surface area contributed by atoms with Gasteiger partial charge in [0.1, 0.15) is 12.4 Å². The first-order chi connectivity index (χ1) is 15.6. The van der Waals surface area contributed by atoms with E-state index in [0.717, 1.165) is 40.9 Å². The van der Waals surface area contributed by atoms with Crippen LogP contribution in [0.15, 0.2) is 36.7 Å². The minimum Gasteiger partial charge on any atom is -0.489 e. The van der Waals surface area contributed by atoms with E-state index in [1.807, 2.05) is 31.5 Å². The zero-order valence-electron chi connectivity index (χ0n) is 18.4. The molecule has 7 nitrogen and oxygen atoms in total. The number of amides is 1. The zero-order chi connectivity index (χ0) is 21.7. The maximum Gasteiger partial charge on any atom is 0.228 e. The second-order valence-corrected chi connectivity index (χ2v) is 9.74. The van der Waals surface area contributed by atoms with Crippen LogP contribution in [0, 0.1) is 12.8 Å². The monoisotopic (exact) mass is 431 g/mol. The molecule has 3 aliphatic rings. The molecule has 0 spiro atoms. The van der Waals surface area contributed by atoms with Crippen molar-refractivity contribution in [1.82, 2.24) is 19.9 Å². The second kappa shape index (κ2) is 7.59. The predicted molar refractivity (Wildman–Crippen MR) is 123 cm³/mol. The molecule has 1 amide bonds. The molecule has 7 heteroatoms. The fourth-order valence-electron chi connectivity index (χ4n) is 4.50. The number of hydrogen-bond acceptors (Lipinski definition) is 5. The van der Waals surface area contributed by atoms with Gasteiger partial charge in [-0.15, -0.1) is 0 Å². The maximum absolute atomic E-state index is 12.1. The third-order valence-corrected chi connectivity index (χ3v) is 6.88. The number of ether oxygens (including phenoxy) is 1. The number of carbonyl (C=O) groups is 1. The Labute approximate surface area is 187 Å². The van der Waals surface area contributed by atoms with Crippen LogP contribution in [-0.4, -0.2) is 38.7 Å². The number of pyridine rings is 2. The zero-order valence-corrected chi connectivity index (χ0v) is 18.4. The topological polar surface area (TPSA) is 80.5 Å². The summed E-state index contributed by atoms with van der Waals surface area (Å²) in [6, 6.07) is 8.79. The summed E-state index contributed by atoms with van der Waals surface area (Å²) in [5.74, 6) is 1.63. The molecule has 0 aromatic carbocycles. The largest absolute Gasteiger partial charge is 0.489 e. The molecule has 0 radical (unpaired) electrons. The van der Waals surface area contributed by atoms with Gasteiger partial charge < -0.3 is 15.4 Å². The summed E-state index contributed by atoms with van der Waals surface area (Å²) in [4.78, 5) is 16.6. The molecule has 2 N–H and O–H groups in total. The first-order valence-corrected chi connectivity index (χ1v) is 11.7. The highest BCUT2D eigenvalue weighted by molar-refractivity contribution is 5.93. The van der Waals surface area contributed by atoms with Gasteiger partial charge >= 0.3 is 0 Å². The Morgan fingerprint density at radius 3 is 2.78 bits per heavy atom. The molecule has 3 saturated carbocycles. The quantitative estimate of drug-likeness (QED) is 0.561. The van der Waals surface area contributed by atoms with Crippen LogP contribution < -0.4 is 15.4 Å². The minimum atomic E-state index is 0.0683. The van der Waals surface area contributed by atoms with Crippen molar-refractivity contribution in [3.05, 3.63) is 42.4 Å². The van der Waals surface area contributed by atoms with Gasteiger partial charge in [0.2, 0.25) is 5.91 Å². The third-order valence-electron chi connectivity index (χ3n) is 6.88. The van der Waals surface area contributed by atoms with Crippen molar-refractivity contribution >= 4 is 17.2 Å². The van der Waals surface area contributed by atoms with Gasteiger partial charge in [0.25, 0.3) is 0 Å². The first kappa shape index (κ1) is 19.7. The predicted octanol–water partition coefficient (Wildman–Crippen LogP) is 4.11. The smallest absolute Gasteiger partial charge is 0.228 e. The Morgan fingerprint density at radius 1 is 1.22 bits per heavy atom. The summed E-state index contributed by atoms with van der Waals surface area (Å²) < 4.78 is 8.18. The van der Waals surface area contributed by atoms with E-state index in [4.69, 9.17) is 4.74 Å². The van der Waals surface area contributed by atoms with E-state index < -0.39 is 0 Å². The summed E-state index contributed by atoms with van der Waals surface area (Å²) in [7, 11) is 0. The van der Waals surface area contributed by atoms with Crippen LogP contribution >= 0.6 is 0 Å².